The summed E-state index contributed by atoms with van der Waals surface area (Å²) >= 11 is 0. The van der Waals surface area contributed by atoms with Gasteiger partial charge in [0.05, 0.1) is 38.7 Å². The number of aromatic nitrogens is 3. The normalized spacial score (nSPS) is 11.4. The first-order valence-electron chi connectivity index (χ1n) is 10.1. The number of benzene rings is 1. The monoisotopic (exact) mass is 432 g/mol. The van der Waals surface area contributed by atoms with E-state index in [1.807, 2.05) is 20.0 Å². The van der Waals surface area contributed by atoms with Crippen LogP contribution in [0, 0.1) is 12.7 Å². The lowest BCUT2D eigenvalue weighted by Crippen LogP contribution is -2.33. The van der Waals surface area contributed by atoms with Crippen LogP contribution in [-0.2, 0) is 39.1 Å². The van der Waals surface area contributed by atoms with E-state index in [2.05, 4.69) is 10.1 Å². The van der Waals surface area contributed by atoms with Gasteiger partial charge in [-0.2, -0.15) is 5.10 Å². The second kappa shape index (κ2) is 11.0. The molecule has 0 bridgehead atoms. The molecular formula is C22H29FN4O4. The van der Waals surface area contributed by atoms with E-state index in [1.54, 1.807) is 29.0 Å². The fourth-order valence-electron chi connectivity index (χ4n) is 3.24. The SMILES string of the molecule is COCCOCCOCC(=O)N(Cc1cc(C)n(C)n1)Cc1c[nH]c2ccc(F)cc12. The average Bonchev–Trinajstić information content (AvgIpc) is 3.28. The molecule has 0 unspecified atom stereocenters. The number of halogens is 1. The van der Waals surface area contributed by atoms with Gasteiger partial charge in [-0.15, -0.1) is 0 Å². The first kappa shape index (κ1) is 22.9. The molecule has 0 radical (unpaired) electrons. The quantitative estimate of drug-likeness (QED) is 0.445. The predicted molar refractivity (Wildman–Crippen MR) is 114 cm³/mol. The molecule has 1 N–H and O–H groups in total. The van der Waals surface area contributed by atoms with Crippen molar-refractivity contribution in [2.24, 2.45) is 7.05 Å². The molecule has 0 spiro atoms. The van der Waals surface area contributed by atoms with Crippen molar-refractivity contribution in [1.82, 2.24) is 19.7 Å². The van der Waals surface area contributed by atoms with E-state index in [9.17, 15) is 9.18 Å². The maximum atomic E-state index is 13.8. The Labute approximate surface area is 180 Å². The number of hydrogen-bond acceptors (Lipinski definition) is 5. The molecule has 0 aliphatic heterocycles. The highest BCUT2D eigenvalue weighted by Gasteiger charge is 2.18. The lowest BCUT2D eigenvalue weighted by molar-refractivity contribution is -0.138. The Bertz CT molecular complexity index is 981. The zero-order chi connectivity index (χ0) is 22.2. The molecule has 1 aromatic carbocycles. The highest BCUT2D eigenvalue weighted by molar-refractivity contribution is 5.84. The highest BCUT2D eigenvalue weighted by Crippen LogP contribution is 2.22. The number of methoxy groups -OCH3 is 1. The van der Waals surface area contributed by atoms with Gasteiger partial charge >= 0.3 is 0 Å². The Hall–Kier alpha value is -2.75. The molecule has 168 valence electrons. The number of fused-ring (bicyclic) bond motifs is 1. The standard InChI is InChI=1S/C22H29FN4O4/c1-16-10-19(25-26(16)2)14-27(22(28)15-31-9-8-30-7-6-29-3)13-17-12-24-21-5-4-18(23)11-20(17)21/h4-5,10-12,24H,6-9,13-15H2,1-3H3. The third kappa shape index (κ3) is 6.36. The molecule has 3 rings (SSSR count). The second-order valence-corrected chi connectivity index (χ2v) is 7.31. The number of ether oxygens (including phenoxy) is 3. The number of nitrogens with one attached hydrogen (secondary N) is 1. The summed E-state index contributed by atoms with van der Waals surface area (Å²) in [6.45, 7) is 4.22. The van der Waals surface area contributed by atoms with Gasteiger partial charge in [0.2, 0.25) is 5.91 Å². The van der Waals surface area contributed by atoms with Crippen LogP contribution in [0.3, 0.4) is 0 Å². The molecule has 0 saturated carbocycles. The van der Waals surface area contributed by atoms with E-state index in [0.717, 1.165) is 27.9 Å². The van der Waals surface area contributed by atoms with Gasteiger partial charge in [0.15, 0.2) is 0 Å². The molecule has 1 amide bonds. The minimum Gasteiger partial charge on any atom is -0.382 e. The van der Waals surface area contributed by atoms with E-state index >= 15 is 0 Å². The van der Waals surface area contributed by atoms with Crippen molar-refractivity contribution in [2.75, 3.05) is 40.1 Å². The summed E-state index contributed by atoms with van der Waals surface area (Å²) < 4.78 is 31.3. The van der Waals surface area contributed by atoms with Crippen molar-refractivity contribution in [2.45, 2.75) is 20.0 Å². The van der Waals surface area contributed by atoms with Crippen molar-refractivity contribution in [1.29, 1.82) is 0 Å². The molecule has 0 atom stereocenters. The summed E-state index contributed by atoms with van der Waals surface area (Å²) in [5.41, 5.74) is 3.43. The molecule has 9 heteroatoms. The molecule has 3 aromatic rings. The smallest absolute Gasteiger partial charge is 0.249 e. The van der Waals surface area contributed by atoms with Crippen LogP contribution in [0.2, 0.25) is 0 Å². The number of carbonyl (C=O) groups excluding carboxylic acids is 1. The van der Waals surface area contributed by atoms with Crippen molar-refractivity contribution in [3.8, 4) is 0 Å². The summed E-state index contributed by atoms with van der Waals surface area (Å²) in [5.74, 6) is -0.491. The maximum Gasteiger partial charge on any atom is 0.249 e. The van der Waals surface area contributed by atoms with E-state index in [4.69, 9.17) is 14.2 Å². The fourth-order valence-corrected chi connectivity index (χ4v) is 3.24. The van der Waals surface area contributed by atoms with E-state index in [0.29, 0.717) is 39.5 Å². The topological polar surface area (TPSA) is 81.6 Å². The minimum absolute atomic E-state index is 0.0732. The predicted octanol–water partition coefficient (Wildman–Crippen LogP) is 2.56. The number of aryl methyl sites for hydroxylation is 2. The summed E-state index contributed by atoms with van der Waals surface area (Å²) in [7, 11) is 3.47. The van der Waals surface area contributed by atoms with E-state index < -0.39 is 0 Å². The summed E-state index contributed by atoms with van der Waals surface area (Å²) in [6, 6.07) is 6.52. The van der Waals surface area contributed by atoms with Gasteiger partial charge < -0.3 is 24.1 Å². The van der Waals surface area contributed by atoms with Crippen LogP contribution in [0.5, 0.6) is 0 Å². The highest BCUT2D eigenvalue weighted by atomic mass is 19.1. The summed E-state index contributed by atoms with van der Waals surface area (Å²) in [5, 5.41) is 5.21. The van der Waals surface area contributed by atoms with Gasteiger partial charge in [0.1, 0.15) is 12.4 Å². The minimum atomic E-state index is -0.316. The number of hydrogen-bond donors (Lipinski definition) is 1. The average molecular weight is 432 g/mol. The Balaban J connectivity index is 1.67. The molecular weight excluding hydrogens is 403 g/mol. The lowest BCUT2D eigenvalue weighted by Gasteiger charge is -2.22. The van der Waals surface area contributed by atoms with Crippen LogP contribution in [0.15, 0.2) is 30.5 Å². The van der Waals surface area contributed by atoms with Gasteiger partial charge in [-0.1, -0.05) is 0 Å². The van der Waals surface area contributed by atoms with Gasteiger partial charge in [0.25, 0.3) is 0 Å². The fraction of sp³-hybridized carbons (Fsp3) is 0.455. The van der Waals surface area contributed by atoms with Gasteiger partial charge in [-0.3, -0.25) is 9.48 Å². The van der Waals surface area contributed by atoms with Gasteiger partial charge in [-0.05, 0) is 36.8 Å². The van der Waals surface area contributed by atoms with Crippen LogP contribution in [-0.4, -0.2) is 65.7 Å². The molecule has 0 aliphatic rings. The first-order chi connectivity index (χ1) is 15.0. The lowest BCUT2D eigenvalue weighted by atomic mass is 10.1. The number of nitrogens with zero attached hydrogens (tertiary/aromatic N) is 3. The molecule has 2 heterocycles. The van der Waals surface area contributed by atoms with Crippen LogP contribution in [0.25, 0.3) is 10.9 Å². The number of carbonyl (C=O) groups is 1. The molecule has 8 nitrogen and oxygen atoms in total. The first-order valence-corrected chi connectivity index (χ1v) is 10.1. The van der Waals surface area contributed by atoms with Crippen molar-refractivity contribution in [3.63, 3.8) is 0 Å². The van der Waals surface area contributed by atoms with Gasteiger partial charge in [-0.25, -0.2) is 4.39 Å². The maximum absolute atomic E-state index is 13.8. The van der Waals surface area contributed by atoms with Crippen molar-refractivity contribution < 1.29 is 23.4 Å². The molecule has 0 fully saturated rings. The number of amides is 1. The molecule has 2 aromatic heterocycles. The van der Waals surface area contributed by atoms with E-state index in [1.165, 1.54) is 12.1 Å². The molecule has 0 aliphatic carbocycles. The van der Waals surface area contributed by atoms with Crippen LogP contribution < -0.4 is 0 Å². The second-order valence-electron chi connectivity index (χ2n) is 7.31. The van der Waals surface area contributed by atoms with Crippen LogP contribution >= 0.6 is 0 Å². The zero-order valence-electron chi connectivity index (χ0n) is 18.2. The largest absolute Gasteiger partial charge is 0.382 e. The Kier molecular flexibility index (Phi) is 8.16. The number of aromatic amines is 1. The Morgan fingerprint density at radius 3 is 2.68 bits per heavy atom. The molecule has 0 saturated heterocycles. The van der Waals surface area contributed by atoms with Crippen molar-refractivity contribution in [3.05, 3.63) is 53.2 Å². The van der Waals surface area contributed by atoms with Crippen molar-refractivity contribution >= 4 is 16.8 Å². The number of H-pyrrole nitrogens is 1. The number of rotatable bonds is 12. The molecule has 31 heavy (non-hydrogen) atoms. The summed E-state index contributed by atoms with van der Waals surface area (Å²) in [4.78, 5) is 17.7. The third-order valence-electron chi connectivity index (χ3n) is 4.99. The summed E-state index contributed by atoms with van der Waals surface area (Å²) in [6.07, 6.45) is 1.80. The van der Waals surface area contributed by atoms with E-state index in [-0.39, 0.29) is 18.3 Å². The van der Waals surface area contributed by atoms with Gasteiger partial charge in [0, 0.05) is 43.5 Å². The Morgan fingerprint density at radius 1 is 1.16 bits per heavy atom. The van der Waals surface area contributed by atoms with Crippen LogP contribution in [0.1, 0.15) is 17.0 Å². The van der Waals surface area contributed by atoms with Crippen LogP contribution in [0.4, 0.5) is 4.39 Å². The Morgan fingerprint density at radius 2 is 1.94 bits per heavy atom. The third-order valence-corrected chi connectivity index (χ3v) is 4.99. The zero-order valence-corrected chi connectivity index (χ0v) is 18.2.